The minimum Gasteiger partial charge on any atom is -0.312 e. The van der Waals surface area contributed by atoms with Crippen LogP contribution in [0.2, 0.25) is 0 Å². The van der Waals surface area contributed by atoms with Gasteiger partial charge in [0, 0.05) is 18.7 Å². The molecule has 1 N–H and O–H groups in total. The van der Waals surface area contributed by atoms with Crippen LogP contribution in [0.4, 0.5) is 15.8 Å². The Balaban J connectivity index is 1.91. The smallest absolute Gasteiger partial charge is 0.261 e. The highest BCUT2D eigenvalue weighted by Gasteiger charge is 2.22. The number of nitrogens with zero attached hydrogens (tertiary/aromatic N) is 1. The van der Waals surface area contributed by atoms with E-state index in [1.165, 1.54) is 18.2 Å². The van der Waals surface area contributed by atoms with Crippen LogP contribution in [0.25, 0.3) is 0 Å². The molecule has 0 bridgehead atoms. The van der Waals surface area contributed by atoms with Crippen molar-refractivity contribution in [3.8, 4) is 0 Å². The fraction of sp³-hybridized carbons (Fsp3) is 0.278. The molecule has 0 atom stereocenters. The quantitative estimate of drug-likeness (QED) is 0.906. The van der Waals surface area contributed by atoms with Gasteiger partial charge in [0.25, 0.3) is 10.0 Å². The number of carbonyl (C=O) groups is 1. The monoisotopic (exact) mass is 362 g/mol. The van der Waals surface area contributed by atoms with E-state index in [2.05, 4.69) is 4.72 Å². The van der Waals surface area contributed by atoms with E-state index in [0.717, 1.165) is 24.5 Å². The highest BCUT2D eigenvalue weighted by molar-refractivity contribution is 7.92. The van der Waals surface area contributed by atoms with Crippen LogP contribution in [0.3, 0.4) is 0 Å². The SMILES string of the molecule is Cc1ccc(NS(=O)(=O)c2cccc(F)c2)cc1N1CCCCC1=O. The summed E-state index contributed by atoms with van der Waals surface area (Å²) in [7, 11) is -3.90. The van der Waals surface area contributed by atoms with Gasteiger partial charge in [0.05, 0.1) is 10.6 Å². The molecule has 1 amide bonds. The first kappa shape index (κ1) is 17.4. The number of hydrogen-bond donors (Lipinski definition) is 1. The number of halogens is 1. The van der Waals surface area contributed by atoms with Crippen LogP contribution in [-0.4, -0.2) is 20.9 Å². The molecule has 25 heavy (non-hydrogen) atoms. The number of amides is 1. The van der Waals surface area contributed by atoms with Gasteiger partial charge in [0.2, 0.25) is 5.91 Å². The zero-order valence-electron chi connectivity index (χ0n) is 13.8. The fourth-order valence-corrected chi connectivity index (χ4v) is 3.95. The van der Waals surface area contributed by atoms with Gasteiger partial charge in [0.15, 0.2) is 0 Å². The minimum absolute atomic E-state index is 0.0412. The van der Waals surface area contributed by atoms with E-state index in [0.29, 0.717) is 24.3 Å². The highest BCUT2D eigenvalue weighted by Crippen LogP contribution is 2.28. The molecule has 3 rings (SSSR count). The van der Waals surface area contributed by atoms with E-state index < -0.39 is 15.8 Å². The van der Waals surface area contributed by atoms with Crippen LogP contribution in [0.1, 0.15) is 24.8 Å². The Morgan fingerprint density at radius 3 is 2.64 bits per heavy atom. The summed E-state index contributed by atoms with van der Waals surface area (Å²) < 4.78 is 40.6. The number of hydrogen-bond acceptors (Lipinski definition) is 3. The molecule has 0 saturated carbocycles. The first-order valence-corrected chi connectivity index (χ1v) is 9.54. The van der Waals surface area contributed by atoms with Crippen molar-refractivity contribution in [3.05, 3.63) is 53.8 Å². The molecule has 5 nitrogen and oxygen atoms in total. The summed E-state index contributed by atoms with van der Waals surface area (Å²) in [6.07, 6.45) is 2.30. The summed E-state index contributed by atoms with van der Waals surface area (Å²) in [6, 6.07) is 9.86. The molecule has 1 heterocycles. The maximum Gasteiger partial charge on any atom is 0.261 e. The molecule has 0 spiro atoms. The van der Waals surface area contributed by atoms with Gasteiger partial charge in [-0.15, -0.1) is 0 Å². The lowest BCUT2D eigenvalue weighted by molar-refractivity contribution is -0.119. The zero-order valence-corrected chi connectivity index (χ0v) is 14.6. The second-order valence-electron chi connectivity index (χ2n) is 6.07. The molecule has 0 unspecified atom stereocenters. The highest BCUT2D eigenvalue weighted by atomic mass is 32.2. The topological polar surface area (TPSA) is 66.5 Å². The summed E-state index contributed by atoms with van der Waals surface area (Å²) in [5.74, 6) is -0.578. The molecule has 1 aliphatic heterocycles. The van der Waals surface area contributed by atoms with E-state index in [1.807, 2.05) is 6.92 Å². The summed E-state index contributed by atoms with van der Waals surface area (Å²) >= 11 is 0. The summed E-state index contributed by atoms with van der Waals surface area (Å²) in [6.45, 7) is 2.50. The van der Waals surface area contributed by atoms with Crippen molar-refractivity contribution < 1.29 is 17.6 Å². The van der Waals surface area contributed by atoms with E-state index in [1.54, 1.807) is 23.1 Å². The van der Waals surface area contributed by atoms with Gasteiger partial charge in [-0.3, -0.25) is 9.52 Å². The van der Waals surface area contributed by atoms with Gasteiger partial charge in [-0.25, -0.2) is 12.8 Å². The number of anilines is 2. The second-order valence-corrected chi connectivity index (χ2v) is 7.75. The number of aryl methyl sites for hydroxylation is 1. The van der Waals surface area contributed by atoms with Gasteiger partial charge in [0.1, 0.15) is 5.82 Å². The standard InChI is InChI=1S/C18H19FN2O3S/c1-13-8-9-15(12-17(13)21-10-3-2-7-18(21)22)20-25(23,24)16-6-4-5-14(19)11-16/h4-6,8-9,11-12,20H,2-3,7,10H2,1H3. The third-order valence-electron chi connectivity index (χ3n) is 4.18. The molecule has 0 radical (unpaired) electrons. The number of piperidine rings is 1. The number of nitrogens with one attached hydrogen (secondary N) is 1. The molecule has 132 valence electrons. The lowest BCUT2D eigenvalue weighted by Crippen LogP contribution is -2.35. The van der Waals surface area contributed by atoms with Gasteiger partial charge >= 0.3 is 0 Å². The zero-order chi connectivity index (χ0) is 18.0. The van der Waals surface area contributed by atoms with Crippen LogP contribution in [0.5, 0.6) is 0 Å². The maximum atomic E-state index is 13.3. The van der Waals surface area contributed by atoms with Crippen molar-refractivity contribution in [1.29, 1.82) is 0 Å². The summed E-state index contributed by atoms with van der Waals surface area (Å²) in [4.78, 5) is 13.7. The molecular formula is C18H19FN2O3S. The van der Waals surface area contributed by atoms with Crippen LogP contribution in [-0.2, 0) is 14.8 Å². The van der Waals surface area contributed by atoms with Crippen LogP contribution in [0.15, 0.2) is 47.4 Å². The third-order valence-corrected chi connectivity index (χ3v) is 5.56. The summed E-state index contributed by atoms with van der Waals surface area (Å²) in [5, 5.41) is 0. The Morgan fingerprint density at radius 2 is 1.92 bits per heavy atom. The molecule has 1 saturated heterocycles. The summed E-state index contributed by atoms with van der Waals surface area (Å²) in [5.41, 5.74) is 1.93. The predicted octanol–water partition coefficient (Wildman–Crippen LogP) is 3.45. The van der Waals surface area contributed by atoms with Crippen molar-refractivity contribution in [2.75, 3.05) is 16.2 Å². The van der Waals surface area contributed by atoms with E-state index in [9.17, 15) is 17.6 Å². The number of sulfonamides is 1. The molecular weight excluding hydrogens is 343 g/mol. The van der Waals surface area contributed by atoms with Gasteiger partial charge in [-0.2, -0.15) is 0 Å². The van der Waals surface area contributed by atoms with Crippen LogP contribution >= 0.6 is 0 Å². The van der Waals surface area contributed by atoms with Crippen molar-refractivity contribution in [2.45, 2.75) is 31.1 Å². The second kappa shape index (κ2) is 6.84. The molecule has 2 aromatic carbocycles. The molecule has 7 heteroatoms. The first-order valence-electron chi connectivity index (χ1n) is 8.06. The van der Waals surface area contributed by atoms with E-state index >= 15 is 0 Å². The van der Waals surface area contributed by atoms with Crippen LogP contribution in [0, 0.1) is 12.7 Å². The Labute approximate surface area is 146 Å². The Bertz CT molecular complexity index is 912. The molecule has 1 fully saturated rings. The lowest BCUT2D eigenvalue weighted by Gasteiger charge is -2.28. The van der Waals surface area contributed by atoms with Crippen LogP contribution < -0.4 is 9.62 Å². The normalized spacial score (nSPS) is 15.3. The van der Waals surface area contributed by atoms with Crippen molar-refractivity contribution in [3.63, 3.8) is 0 Å². The van der Waals surface area contributed by atoms with Crippen molar-refractivity contribution >= 4 is 27.3 Å². The van der Waals surface area contributed by atoms with Gasteiger partial charge in [-0.05, 0) is 55.7 Å². The molecule has 0 aromatic heterocycles. The average Bonchev–Trinajstić information content (AvgIpc) is 2.57. The number of carbonyl (C=O) groups excluding carboxylic acids is 1. The van der Waals surface area contributed by atoms with Gasteiger partial charge in [-0.1, -0.05) is 12.1 Å². The van der Waals surface area contributed by atoms with Crippen molar-refractivity contribution in [1.82, 2.24) is 0 Å². The first-order chi connectivity index (χ1) is 11.9. The predicted molar refractivity (Wildman–Crippen MR) is 94.6 cm³/mol. The fourth-order valence-electron chi connectivity index (χ4n) is 2.87. The van der Waals surface area contributed by atoms with Crippen molar-refractivity contribution in [2.24, 2.45) is 0 Å². The van der Waals surface area contributed by atoms with E-state index in [4.69, 9.17) is 0 Å². The molecule has 1 aliphatic rings. The van der Waals surface area contributed by atoms with E-state index in [-0.39, 0.29) is 10.8 Å². The minimum atomic E-state index is -3.90. The molecule has 2 aromatic rings. The number of rotatable bonds is 4. The Morgan fingerprint density at radius 1 is 1.12 bits per heavy atom. The van der Waals surface area contributed by atoms with Gasteiger partial charge < -0.3 is 4.90 Å². The average molecular weight is 362 g/mol. The third kappa shape index (κ3) is 3.82. The maximum absolute atomic E-state index is 13.3. The lowest BCUT2D eigenvalue weighted by atomic mass is 10.1. The largest absolute Gasteiger partial charge is 0.312 e. The Kier molecular flexibility index (Phi) is 4.76. The molecule has 0 aliphatic carbocycles. The number of benzene rings is 2. The Hall–Kier alpha value is -2.41.